The van der Waals surface area contributed by atoms with Gasteiger partial charge in [0.2, 0.25) is 17.6 Å². The van der Waals surface area contributed by atoms with Crippen molar-refractivity contribution in [2.45, 2.75) is 25.7 Å². The highest BCUT2D eigenvalue weighted by atomic mass is 16.5. The Hall–Kier alpha value is -3.15. The molecule has 0 aliphatic carbocycles. The van der Waals surface area contributed by atoms with Gasteiger partial charge in [-0.05, 0) is 30.5 Å². The molecule has 1 aromatic heterocycles. The van der Waals surface area contributed by atoms with Gasteiger partial charge in [0, 0.05) is 24.9 Å². The fourth-order valence-corrected chi connectivity index (χ4v) is 2.67. The second-order valence-corrected chi connectivity index (χ2v) is 6.18. The first-order chi connectivity index (χ1) is 13.2. The van der Waals surface area contributed by atoms with Crippen molar-refractivity contribution in [1.82, 2.24) is 15.5 Å². The van der Waals surface area contributed by atoms with Crippen molar-refractivity contribution >= 4 is 5.91 Å². The number of aryl methyl sites for hydroxylation is 2. The number of rotatable bonds is 9. The Bertz CT molecular complexity index is 845. The zero-order valence-corrected chi connectivity index (χ0v) is 15.4. The Morgan fingerprint density at radius 1 is 1.07 bits per heavy atom. The number of benzene rings is 2. The van der Waals surface area contributed by atoms with Crippen LogP contribution >= 0.6 is 0 Å². The van der Waals surface area contributed by atoms with E-state index in [1.807, 2.05) is 54.6 Å². The maximum atomic E-state index is 12.0. The lowest BCUT2D eigenvalue weighted by Crippen LogP contribution is -2.25. The summed E-state index contributed by atoms with van der Waals surface area (Å²) in [6.45, 7) is 0.588. The molecule has 6 heteroatoms. The summed E-state index contributed by atoms with van der Waals surface area (Å²) in [5.41, 5.74) is 2.05. The highest BCUT2D eigenvalue weighted by Gasteiger charge is 2.08. The monoisotopic (exact) mass is 365 g/mol. The van der Waals surface area contributed by atoms with Gasteiger partial charge in [0.25, 0.3) is 0 Å². The van der Waals surface area contributed by atoms with Crippen molar-refractivity contribution in [3.05, 3.63) is 66.1 Å². The van der Waals surface area contributed by atoms with Crippen molar-refractivity contribution < 1.29 is 14.1 Å². The first kappa shape index (κ1) is 18.6. The number of amides is 1. The van der Waals surface area contributed by atoms with Crippen LogP contribution in [0.5, 0.6) is 5.75 Å². The number of hydrogen-bond donors (Lipinski definition) is 1. The molecular weight excluding hydrogens is 342 g/mol. The van der Waals surface area contributed by atoms with Crippen molar-refractivity contribution in [3.8, 4) is 17.1 Å². The largest absolute Gasteiger partial charge is 0.497 e. The lowest BCUT2D eigenvalue weighted by atomic mass is 10.1. The summed E-state index contributed by atoms with van der Waals surface area (Å²) in [5, 5.41) is 6.92. The minimum Gasteiger partial charge on any atom is -0.497 e. The van der Waals surface area contributed by atoms with Crippen LogP contribution in [0, 0.1) is 0 Å². The Balaban J connectivity index is 1.35. The number of aromatic nitrogens is 2. The number of methoxy groups -OCH3 is 1. The molecule has 2 aromatic carbocycles. The predicted molar refractivity (Wildman–Crippen MR) is 102 cm³/mol. The first-order valence-electron chi connectivity index (χ1n) is 9.02. The molecular formula is C21H23N3O3. The fourth-order valence-electron chi connectivity index (χ4n) is 2.67. The van der Waals surface area contributed by atoms with Crippen molar-refractivity contribution in [2.75, 3.05) is 13.7 Å². The van der Waals surface area contributed by atoms with Gasteiger partial charge in [0.1, 0.15) is 5.75 Å². The molecule has 6 nitrogen and oxygen atoms in total. The molecule has 0 atom stereocenters. The summed E-state index contributed by atoms with van der Waals surface area (Å²) in [7, 11) is 1.64. The molecule has 0 aliphatic rings. The summed E-state index contributed by atoms with van der Waals surface area (Å²) in [6, 6.07) is 17.5. The number of ether oxygens (including phenoxy) is 1. The molecule has 0 spiro atoms. The van der Waals surface area contributed by atoms with Gasteiger partial charge in [-0.25, -0.2) is 0 Å². The zero-order valence-electron chi connectivity index (χ0n) is 15.4. The second kappa shape index (κ2) is 9.52. The lowest BCUT2D eigenvalue weighted by Gasteiger charge is -2.05. The Kier molecular flexibility index (Phi) is 6.57. The smallest absolute Gasteiger partial charge is 0.227 e. The second-order valence-electron chi connectivity index (χ2n) is 6.18. The molecule has 0 saturated carbocycles. The number of nitrogens with one attached hydrogen (secondary N) is 1. The number of carbonyl (C=O) groups is 1. The van der Waals surface area contributed by atoms with Crippen LogP contribution in [0.2, 0.25) is 0 Å². The van der Waals surface area contributed by atoms with E-state index >= 15 is 0 Å². The Morgan fingerprint density at radius 3 is 2.59 bits per heavy atom. The van der Waals surface area contributed by atoms with Gasteiger partial charge < -0.3 is 14.6 Å². The molecule has 0 bridgehead atoms. The van der Waals surface area contributed by atoms with Crippen LogP contribution in [0.3, 0.4) is 0 Å². The molecule has 140 valence electrons. The first-order valence-corrected chi connectivity index (χ1v) is 9.02. The van der Waals surface area contributed by atoms with E-state index < -0.39 is 0 Å². The van der Waals surface area contributed by atoms with Gasteiger partial charge in [0.15, 0.2) is 0 Å². The van der Waals surface area contributed by atoms with Gasteiger partial charge in [-0.1, -0.05) is 47.6 Å². The van der Waals surface area contributed by atoms with E-state index in [0.717, 1.165) is 23.3 Å². The average molecular weight is 365 g/mol. The molecule has 3 rings (SSSR count). The van der Waals surface area contributed by atoms with Crippen molar-refractivity contribution in [1.29, 1.82) is 0 Å². The third-order valence-corrected chi connectivity index (χ3v) is 4.19. The molecule has 27 heavy (non-hydrogen) atoms. The van der Waals surface area contributed by atoms with Gasteiger partial charge in [0.05, 0.1) is 7.11 Å². The topological polar surface area (TPSA) is 77.2 Å². The van der Waals surface area contributed by atoms with Gasteiger partial charge in [-0.3, -0.25) is 4.79 Å². The molecule has 0 saturated heterocycles. The Morgan fingerprint density at radius 2 is 1.85 bits per heavy atom. The maximum absolute atomic E-state index is 12.0. The molecule has 1 N–H and O–H groups in total. The van der Waals surface area contributed by atoms with E-state index in [9.17, 15) is 4.79 Å². The molecule has 0 unspecified atom stereocenters. The zero-order chi connectivity index (χ0) is 18.9. The molecule has 0 fully saturated rings. The summed E-state index contributed by atoms with van der Waals surface area (Å²) in [5.74, 6) is 2.04. The van der Waals surface area contributed by atoms with Gasteiger partial charge in [-0.2, -0.15) is 4.98 Å². The van der Waals surface area contributed by atoms with Crippen LogP contribution in [0.15, 0.2) is 59.1 Å². The number of carbonyl (C=O) groups excluding carboxylic acids is 1. The highest BCUT2D eigenvalue weighted by molar-refractivity contribution is 5.76. The number of hydrogen-bond acceptors (Lipinski definition) is 5. The fraction of sp³-hybridized carbons (Fsp3) is 0.286. The van der Waals surface area contributed by atoms with Crippen LogP contribution < -0.4 is 10.1 Å². The van der Waals surface area contributed by atoms with Crippen LogP contribution in [0.4, 0.5) is 0 Å². The SMILES string of the molecule is COc1ccc(CCC(=O)NCCCc2nc(-c3ccccc3)no2)cc1. The van der Waals surface area contributed by atoms with Crippen LogP contribution in [-0.2, 0) is 17.6 Å². The van der Waals surface area contributed by atoms with E-state index in [0.29, 0.717) is 37.5 Å². The molecule has 0 radical (unpaired) electrons. The summed E-state index contributed by atoms with van der Waals surface area (Å²) in [4.78, 5) is 16.3. The standard InChI is InChI=1S/C21H23N3O3/c1-26-18-12-9-16(10-13-18)11-14-19(25)22-15-5-8-20-23-21(24-27-20)17-6-3-2-4-7-17/h2-4,6-7,9-10,12-13H,5,8,11,14-15H2,1H3,(H,22,25). The minimum atomic E-state index is 0.0429. The van der Waals surface area contributed by atoms with E-state index in [1.54, 1.807) is 7.11 Å². The molecule has 3 aromatic rings. The van der Waals surface area contributed by atoms with Gasteiger partial charge >= 0.3 is 0 Å². The highest BCUT2D eigenvalue weighted by Crippen LogP contribution is 2.15. The molecule has 1 amide bonds. The third kappa shape index (κ3) is 5.67. The molecule has 0 aliphatic heterocycles. The van der Waals surface area contributed by atoms with Crippen molar-refractivity contribution in [2.24, 2.45) is 0 Å². The number of nitrogens with zero attached hydrogens (tertiary/aromatic N) is 2. The normalized spacial score (nSPS) is 10.6. The van der Waals surface area contributed by atoms with Crippen molar-refractivity contribution in [3.63, 3.8) is 0 Å². The van der Waals surface area contributed by atoms with Crippen LogP contribution in [-0.4, -0.2) is 29.7 Å². The predicted octanol–water partition coefficient (Wildman–Crippen LogP) is 3.43. The summed E-state index contributed by atoms with van der Waals surface area (Å²) >= 11 is 0. The van der Waals surface area contributed by atoms with Gasteiger partial charge in [-0.15, -0.1) is 0 Å². The quantitative estimate of drug-likeness (QED) is 0.588. The van der Waals surface area contributed by atoms with Crippen LogP contribution in [0.25, 0.3) is 11.4 Å². The summed E-state index contributed by atoms with van der Waals surface area (Å²) < 4.78 is 10.4. The molecule has 1 heterocycles. The summed E-state index contributed by atoms with van der Waals surface area (Å²) in [6.07, 6.45) is 2.56. The van der Waals surface area contributed by atoms with E-state index in [2.05, 4.69) is 15.5 Å². The minimum absolute atomic E-state index is 0.0429. The van der Waals surface area contributed by atoms with Crippen LogP contribution in [0.1, 0.15) is 24.3 Å². The average Bonchev–Trinajstić information content (AvgIpc) is 3.20. The van der Waals surface area contributed by atoms with E-state index in [4.69, 9.17) is 9.26 Å². The van der Waals surface area contributed by atoms with E-state index in [-0.39, 0.29) is 5.91 Å². The third-order valence-electron chi connectivity index (χ3n) is 4.19. The maximum Gasteiger partial charge on any atom is 0.227 e. The van der Waals surface area contributed by atoms with E-state index in [1.165, 1.54) is 0 Å². The Labute approximate surface area is 158 Å². The lowest BCUT2D eigenvalue weighted by molar-refractivity contribution is -0.121.